The van der Waals surface area contributed by atoms with Crippen molar-refractivity contribution in [2.75, 3.05) is 33.4 Å². The zero-order valence-corrected chi connectivity index (χ0v) is 15.6. The van der Waals surface area contributed by atoms with Crippen molar-refractivity contribution in [1.82, 2.24) is 9.80 Å². The van der Waals surface area contributed by atoms with Gasteiger partial charge in [-0.1, -0.05) is 12.1 Å². The number of carbonyl (C=O) groups is 2. The first kappa shape index (κ1) is 18.5. The van der Waals surface area contributed by atoms with Gasteiger partial charge in [0.05, 0.1) is 25.7 Å². The number of likely N-dealkylation sites (tertiary alicyclic amines) is 2. The largest absolute Gasteiger partial charge is 0.497 e. The Kier molecular flexibility index (Phi) is 6.01. The van der Waals surface area contributed by atoms with Gasteiger partial charge in [-0.3, -0.25) is 4.79 Å². The number of methoxy groups -OCH3 is 1. The molecule has 3 rings (SSSR count). The molecule has 0 aliphatic carbocycles. The van der Waals surface area contributed by atoms with E-state index in [0.29, 0.717) is 19.7 Å². The average Bonchev–Trinajstić information content (AvgIpc) is 3.17. The van der Waals surface area contributed by atoms with Crippen molar-refractivity contribution in [3.05, 3.63) is 29.8 Å². The lowest BCUT2D eigenvalue weighted by molar-refractivity contribution is -0.138. The molecule has 1 aromatic rings. The highest BCUT2D eigenvalue weighted by atomic mass is 16.6. The van der Waals surface area contributed by atoms with Gasteiger partial charge in [-0.15, -0.1) is 0 Å². The number of rotatable bonds is 4. The highest BCUT2D eigenvalue weighted by molar-refractivity contribution is 5.81. The van der Waals surface area contributed by atoms with Crippen LogP contribution in [0.4, 0.5) is 4.79 Å². The second kappa shape index (κ2) is 8.43. The fraction of sp³-hybridized carbons (Fsp3) is 0.600. The third-order valence-corrected chi connectivity index (χ3v) is 5.33. The van der Waals surface area contributed by atoms with Crippen molar-refractivity contribution in [3.8, 4) is 5.75 Å². The molecule has 0 N–H and O–H groups in total. The molecule has 0 spiro atoms. The van der Waals surface area contributed by atoms with E-state index in [1.54, 1.807) is 18.9 Å². The standard InChI is InChI=1S/C20H28N2O4/c1-3-26-20(24)21-12-4-6-16(14-21)19(23)22-13-5-7-18(22)15-8-10-17(25-2)11-9-15/h8-11,16,18H,3-7,12-14H2,1-2H3. The van der Waals surface area contributed by atoms with E-state index < -0.39 is 0 Å². The molecule has 26 heavy (non-hydrogen) atoms. The number of hydrogen-bond donors (Lipinski definition) is 0. The van der Waals surface area contributed by atoms with Crippen LogP contribution in [0.25, 0.3) is 0 Å². The van der Waals surface area contributed by atoms with Gasteiger partial charge in [0.2, 0.25) is 5.91 Å². The lowest BCUT2D eigenvalue weighted by Crippen LogP contribution is -2.46. The maximum absolute atomic E-state index is 13.2. The van der Waals surface area contributed by atoms with E-state index in [0.717, 1.165) is 43.5 Å². The van der Waals surface area contributed by atoms with Crippen molar-refractivity contribution in [2.45, 2.75) is 38.6 Å². The first-order chi connectivity index (χ1) is 12.6. The summed E-state index contributed by atoms with van der Waals surface area (Å²) < 4.78 is 10.3. The van der Waals surface area contributed by atoms with E-state index in [4.69, 9.17) is 9.47 Å². The van der Waals surface area contributed by atoms with Crippen molar-refractivity contribution in [2.24, 2.45) is 5.92 Å². The van der Waals surface area contributed by atoms with E-state index in [-0.39, 0.29) is 24.0 Å². The summed E-state index contributed by atoms with van der Waals surface area (Å²) in [6.07, 6.45) is 3.36. The van der Waals surface area contributed by atoms with Crippen molar-refractivity contribution in [3.63, 3.8) is 0 Å². The smallest absolute Gasteiger partial charge is 0.409 e. The van der Waals surface area contributed by atoms with Gasteiger partial charge in [0.15, 0.2) is 0 Å². The zero-order chi connectivity index (χ0) is 18.5. The minimum absolute atomic E-state index is 0.117. The first-order valence-corrected chi connectivity index (χ1v) is 9.50. The Hall–Kier alpha value is -2.24. The van der Waals surface area contributed by atoms with Crippen LogP contribution in [0.3, 0.4) is 0 Å². The summed E-state index contributed by atoms with van der Waals surface area (Å²) >= 11 is 0. The Morgan fingerprint density at radius 3 is 2.54 bits per heavy atom. The summed E-state index contributed by atoms with van der Waals surface area (Å²) in [5.74, 6) is 0.853. The van der Waals surface area contributed by atoms with E-state index >= 15 is 0 Å². The highest BCUT2D eigenvalue weighted by Crippen LogP contribution is 2.35. The molecule has 1 aromatic carbocycles. The monoisotopic (exact) mass is 360 g/mol. The molecule has 2 amide bonds. The minimum Gasteiger partial charge on any atom is -0.497 e. The third-order valence-electron chi connectivity index (χ3n) is 5.33. The molecular weight excluding hydrogens is 332 g/mol. The van der Waals surface area contributed by atoms with Gasteiger partial charge in [0.25, 0.3) is 0 Å². The van der Waals surface area contributed by atoms with E-state index in [9.17, 15) is 9.59 Å². The SMILES string of the molecule is CCOC(=O)N1CCCC(C(=O)N2CCCC2c2ccc(OC)cc2)C1. The molecule has 0 bridgehead atoms. The van der Waals surface area contributed by atoms with Crippen LogP contribution < -0.4 is 4.74 Å². The summed E-state index contributed by atoms with van der Waals surface area (Å²) in [4.78, 5) is 28.8. The summed E-state index contributed by atoms with van der Waals surface area (Å²) in [5.41, 5.74) is 1.15. The van der Waals surface area contributed by atoms with Crippen LogP contribution in [0.15, 0.2) is 24.3 Å². The predicted molar refractivity (Wildman–Crippen MR) is 98.0 cm³/mol. The lowest BCUT2D eigenvalue weighted by Gasteiger charge is -2.35. The average molecular weight is 360 g/mol. The number of benzene rings is 1. The van der Waals surface area contributed by atoms with E-state index in [1.165, 1.54) is 0 Å². The van der Waals surface area contributed by atoms with Gasteiger partial charge in [-0.2, -0.15) is 0 Å². The number of amides is 2. The van der Waals surface area contributed by atoms with Gasteiger partial charge >= 0.3 is 6.09 Å². The second-order valence-electron chi connectivity index (χ2n) is 6.95. The number of piperidine rings is 1. The lowest BCUT2D eigenvalue weighted by atomic mass is 9.95. The third kappa shape index (κ3) is 3.94. The van der Waals surface area contributed by atoms with Crippen LogP contribution in [0, 0.1) is 5.92 Å². The van der Waals surface area contributed by atoms with Gasteiger partial charge in [0, 0.05) is 19.6 Å². The Balaban J connectivity index is 1.68. The van der Waals surface area contributed by atoms with Crippen LogP contribution in [0.2, 0.25) is 0 Å². The predicted octanol–water partition coefficient (Wildman–Crippen LogP) is 3.23. The molecule has 2 aliphatic rings. The molecule has 0 saturated carbocycles. The van der Waals surface area contributed by atoms with Crippen LogP contribution in [-0.2, 0) is 9.53 Å². The Labute approximate surface area is 155 Å². The molecule has 2 heterocycles. The van der Waals surface area contributed by atoms with Crippen LogP contribution in [0.1, 0.15) is 44.2 Å². The molecule has 2 unspecified atom stereocenters. The zero-order valence-electron chi connectivity index (χ0n) is 15.6. The molecule has 142 valence electrons. The van der Waals surface area contributed by atoms with Crippen molar-refractivity contribution < 1.29 is 19.1 Å². The van der Waals surface area contributed by atoms with Crippen LogP contribution >= 0.6 is 0 Å². The van der Waals surface area contributed by atoms with Crippen LogP contribution in [0.5, 0.6) is 5.75 Å². The maximum Gasteiger partial charge on any atom is 0.409 e. The molecule has 0 aromatic heterocycles. The number of ether oxygens (including phenoxy) is 2. The van der Waals surface area contributed by atoms with Gasteiger partial charge in [-0.05, 0) is 50.3 Å². The molecule has 2 saturated heterocycles. The second-order valence-corrected chi connectivity index (χ2v) is 6.95. The highest BCUT2D eigenvalue weighted by Gasteiger charge is 2.36. The van der Waals surface area contributed by atoms with Gasteiger partial charge < -0.3 is 19.3 Å². The Morgan fingerprint density at radius 1 is 1.12 bits per heavy atom. The minimum atomic E-state index is -0.307. The molecule has 6 heteroatoms. The number of nitrogens with zero attached hydrogens (tertiary/aromatic N) is 2. The molecule has 2 atom stereocenters. The van der Waals surface area contributed by atoms with E-state index in [2.05, 4.69) is 0 Å². The Morgan fingerprint density at radius 2 is 1.85 bits per heavy atom. The summed E-state index contributed by atoms with van der Waals surface area (Å²) in [6, 6.07) is 8.09. The fourth-order valence-corrected chi connectivity index (χ4v) is 4.00. The normalized spacial score (nSPS) is 23.0. The first-order valence-electron chi connectivity index (χ1n) is 9.50. The summed E-state index contributed by atoms with van der Waals surface area (Å²) in [5, 5.41) is 0. The van der Waals surface area contributed by atoms with Gasteiger partial charge in [0.1, 0.15) is 5.75 Å². The molecule has 2 aliphatic heterocycles. The fourth-order valence-electron chi connectivity index (χ4n) is 4.00. The molecule has 2 fully saturated rings. The Bertz CT molecular complexity index is 631. The summed E-state index contributed by atoms with van der Waals surface area (Å²) in [7, 11) is 1.65. The quantitative estimate of drug-likeness (QED) is 0.827. The van der Waals surface area contributed by atoms with Gasteiger partial charge in [-0.25, -0.2) is 4.79 Å². The van der Waals surface area contributed by atoms with Crippen molar-refractivity contribution in [1.29, 1.82) is 0 Å². The number of carbonyl (C=O) groups excluding carboxylic acids is 2. The topological polar surface area (TPSA) is 59.1 Å². The molecule has 0 radical (unpaired) electrons. The molecule has 6 nitrogen and oxygen atoms in total. The maximum atomic E-state index is 13.2. The van der Waals surface area contributed by atoms with Crippen LogP contribution in [-0.4, -0.2) is 55.2 Å². The molecular formula is C20H28N2O4. The van der Waals surface area contributed by atoms with E-state index in [1.807, 2.05) is 29.2 Å². The number of hydrogen-bond acceptors (Lipinski definition) is 4. The van der Waals surface area contributed by atoms with Crippen molar-refractivity contribution >= 4 is 12.0 Å². The summed E-state index contributed by atoms with van der Waals surface area (Å²) in [6.45, 7) is 4.08.